The molecule has 1 aromatic heterocycles. The summed E-state index contributed by atoms with van der Waals surface area (Å²) in [5.74, 6) is 0.533. The van der Waals surface area contributed by atoms with Crippen molar-refractivity contribution in [3.8, 4) is 0 Å². The minimum atomic E-state index is -0.195. The highest BCUT2D eigenvalue weighted by Gasteiger charge is 2.31. The van der Waals surface area contributed by atoms with E-state index in [4.69, 9.17) is 0 Å². The van der Waals surface area contributed by atoms with Crippen LogP contribution in [0.3, 0.4) is 0 Å². The van der Waals surface area contributed by atoms with Crippen molar-refractivity contribution >= 4 is 11.8 Å². The molecule has 1 aliphatic rings. The lowest BCUT2D eigenvalue weighted by molar-refractivity contribution is -0.135. The third-order valence-corrected chi connectivity index (χ3v) is 5.82. The van der Waals surface area contributed by atoms with Crippen molar-refractivity contribution in [2.45, 2.75) is 58.7 Å². The zero-order valence-electron chi connectivity index (χ0n) is 19.0. The molecule has 166 valence electrons. The van der Waals surface area contributed by atoms with Gasteiger partial charge in [-0.05, 0) is 45.7 Å². The first-order chi connectivity index (χ1) is 14.9. The van der Waals surface area contributed by atoms with E-state index < -0.39 is 0 Å². The number of rotatable bonds is 7. The van der Waals surface area contributed by atoms with E-state index in [0.717, 1.165) is 37.1 Å². The fraction of sp³-hybridized carbons (Fsp3) is 0.500. The summed E-state index contributed by atoms with van der Waals surface area (Å²) >= 11 is 0. The SMILES string of the molecule is CNC(=O)c1cnc(C)nc1[C@@H]1CCCCN1CC(=O)N(Cc1ccccc1)C(C)C. The van der Waals surface area contributed by atoms with E-state index >= 15 is 0 Å². The van der Waals surface area contributed by atoms with Gasteiger partial charge in [-0.2, -0.15) is 0 Å². The number of nitrogens with one attached hydrogen (secondary N) is 1. The number of aromatic nitrogens is 2. The van der Waals surface area contributed by atoms with Gasteiger partial charge in [-0.15, -0.1) is 0 Å². The highest BCUT2D eigenvalue weighted by Crippen LogP contribution is 2.31. The minimum Gasteiger partial charge on any atom is -0.355 e. The Bertz CT molecular complexity index is 900. The Kier molecular flexibility index (Phi) is 7.74. The summed E-state index contributed by atoms with van der Waals surface area (Å²) in [5.41, 5.74) is 2.33. The lowest BCUT2D eigenvalue weighted by Crippen LogP contribution is -2.46. The van der Waals surface area contributed by atoms with E-state index in [-0.39, 0.29) is 23.9 Å². The summed E-state index contributed by atoms with van der Waals surface area (Å²) in [5, 5.41) is 2.68. The molecule has 2 amide bonds. The fourth-order valence-corrected chi connectivity index (χ4v) is 4.14. The molecule has 0 unspecified atom stereocenters. The van der Waals surface area contributed by atoms with Crippen molar-refractivity contribution in [2.24, 2.45) is 0 Å². The molecule has 1 atom stereocenters. The quantitative estimate of drug-likeness (QED) is 0.740. The largest absolute Gasteiger partial charge is 0.355 e. The van der Waals surface area contributed by atoms with Crippen LogP contribution < -0.4 is 5.32 Å². The Labute approximate surface area is 184 Å². The molecule has 7 heteroatoms. The van der Waals surface area contributed by atoms with E-state index in [1.165, 1.54) is 0 Å². The highest BCUT2D eigenvalue weighted by atomic mass is 16.2. The lowest BCUT2D eigenvalue weighted by atomic mass is 9.96. The smallest absolute Gasteiger partial charge is 0.254 e. The molecule has 1 aliphatic heterocycles. The van der Waals surface area contributed by atoms with Crippen LogP contribution in [-0.4, -0.2) is 57.8 Å². The molecule has 0 saturated carbocycles. The summed E-state index contributed by atoms with van der Waals surface area (Å²) in [4.78, 5) is 38.7. The van der Waals surface area contributed by atoms with Crippen LogP contribution in [0.2, 0.25) is 0 Å². The predicted molar refractivity (Wildman–Crippen MR) is 120 cm³/mol. The first kappa shape index (κ1) is 22.9. The second kappa shape index (κ2) is 10.5. The molecule has 31 heavy (non-hydrogen) atoms. The third kappa shape index (κ3) is 5.67. The molecule has 1 saturated heterocycles. The molecule has 3 rings (SSSR count). The van der Waals surface area contributed by atoms with Gasteiger partial charge in [-0.3, -0.25) is 14.5 Å². The predicted octanol–water partition coefficient (Wildman–Crippen LogP) is 3.11. The average Bonchev–Trinajstić information content (AvgIpc) is 2.77. The second-order valence-corrected chi connectivity index (χ2v) is 8.38. The molecule has 1 N–H and O–H groups in total. The van der Waals surface area contributed by atoms with Crippen LogP contribution in [0.25, 0.3) is 0 Å². The number of likely N-dealkylation sites (tertiary alicyclic amines) is 1. The number of hydrogen-bond donors (Lipinski definition) is 1. The molecule has 1 fully saturated rings. The maximum atomic E-state index is 13.3. The Morgan fingerprint density at radius 2 is 1.97 bits per heavy atom. The van der Waals surface area contributed by atoms with Crippen LogP contribution in [0.5, 0.6) is 0 Å². The third-order valence-electron chi connectivity index (χ3n) is 5.82. The average molecular weight is 424 g/mol. The Hall–Kier alpha value is -2.80. The minimum absolute atomic E-state index is 0.0718. The van der Waals surface area contributed by atoms with Crippen molar-refractivity contribution in [3.05, 3.63) is 59.2 Å². The normalized spacial score (nSPS) is 16.9. The maximum Gasteiger partial charge on any atom is 0.254 e. The zero-order valence-corrected chi connectivity index (χ0v) is 19.0. The Morgan fingerprint density at radius 1 is 1.23 bits per heavy atom. The number of nitrogens with zero attached hydrogens (tertiary/aromatic N) is 4. The lowest BCUT2D eigenvalue weighted by Gasteiger charge is -2.37. The van der Waals surface area contributed by atoms with Crippen LogP contribution >= 0.6 is 0 Å². The van der Waals surface area contributed by atoms with Gasteiger partial charge >= 0.3 is 0 Å². The van der Waals surface area contributed by atoms with Gasteiger partial charge < -0.3 is 10.2 Å². The summed E-state index contributed by atoms with van der Waals surface area (Å²) in [6, 6.07) is 10.1. The van der Waals surface area contributed by atoms with E-state index in [2.05, 4.69) is 20.2 Å². The van der Waals surface area contributed by atoms with Gasteiger partial charge in [-0.1, -0.05) is 36.8 Å². The summed E-state index contributed by atoms with van der Waals surface area (Å²) < 4.78 is 0. The molecule has 1 aromatic carbocycles. The number of hydrogen-bond acceptors (Lipinski definition) is 5. The van der Waals surface area contributed by atoms with Crippen LogP contribution in [0.1, 0.15) is 66.6 Å². The number of carbonyl (C=O) groups is 2. The van der Waals surface area contributed by atoms with E-state index in [1.54, 1.807) is 13.2 Å². The van der Waals surface area contributed by atoms with Gasteiger partial charge in [0.1, 0.15) is 5.82 Å². The van der Waals surface area contributed by atoms with Crippen LogP contribution in [0.4, 0.5) is 0 Å². The molecule has 2 heterocycles. The number of amides is 2. The molecule has 0 spiro atoms. The van der Waals surface area contributed by atoms with Gasteiger partial charge in [0.05, 0.1) is 23.8 Å². The van der Waals surface area contributed by atoms with Crippen molar-refractivity contribution in [2.75, 3.05) is 20.1 Å². The molecule has 0 aliphatic carbocycles. The summed E-state index contributed by atoms with van der Waals surface area (Å²) in [7, 11) is 1.61. The van der Waals surface area contributed by atoms with Gasteiger partial charge in [0.2, 0.25) is 5.91 Å². The zero-order chi connectivity index (χ0) is 22.4. The molecular weight excluding hydrogens is 390 g/mol. The Morgan fingerprint density at radius 3 is 2.65 bits per heavy atom. The van der Waals surface area contributed by atoms with Crippen LogP contribution in [0.15, 0.2) is 36.5 Å². The highest BCUT2D eigenvalue weighted by molar-refractivity contribution is 5.95. The number of carbonyl (C=O) groups excluding carboxylic acids is 2. The van der Waals surface area contributed by atoms with Crippen molar-refractivity contribution in [1.29, 1.82) is 0 Å². The standard InChI is InChI=1S/C24H33N5O2/c1-17(2)29(15-19-10-6-5-7-11-19)22(30)16-28-13-9-8-12-21(28)23-20(24(31)25-4)14-26-18(3)27-23/h5-7,10-11,14,17,21H,8-9,12-13,15-16H2,1-4H3,(H,25,31)/t21-/m0/s1. The summed E-state index contributed by atoms with van der Waals surface area (Å²) in [6.07, 6.45) is 4.54. The topological polar surface area (TPSA) is 78.4 Å². The number of aryl methyl sites for hydroxylation is 1. The first-order valence-electron chi connectivity index (χ1n) is 11.0. The number of piperidine rings is 1. The van der Waals surface area contributed by atoms with E-state index in [9.17, 15) is 9.59 Å². The first-order valence-corrected chi connectivity index (χ1v) is 11.0. The van der Waals surface area contributed by atoms with Gasteiger partial charge in [0.15, 0.2) is 0 Å². The molecule has 0 bridgehead atoms. The molecular formula is C24H33N5O2. The van der Waals surface area contributed by atoms with Crippen LogP contribution in [0, 0.1) is 6.92 Å². The number of benzene rings is 1. The molecule has 0 radical (unpaired) electrons. The maximum absolute atomic E-state index is 13.3. The second-order valence-electron chi connectivity index (χ2n) is 8.38. The van der Waals surface area contributed by atoms with Crippen LogP contribution in [-0.2, 0) is 11.3 Å². The fourth-order valence-electron chi connectivity index (χ4n) is 4.14. The summed E-state index contributed by atoms with van der Waals surface area (Å²) in [6.45, 7) is 7.63. The van der Waals surface area contributed by atoms with Crippen molar-refractivity contribution < 1.29 is 9.59 Å². The molecule has 2 aromatic rings. The molecule has 7 nitrogen and oxygen atoms in total. The Balaban J connectivity index is 1.83. The van der Waals surface area contributed by atoms with Crippen molar-refractivity contribution in [1.82, 2.24) is 25.1 Å². The van der Waals surface area contributed by atoms with E-state index in [1.807, 2.05) is 56.0 Å². The van der Waals surface area contributed by atoms with Gasteiger partial charge in [0.25, 0.3) is 5.91 Å². The van der Waals surface area contributed by atoms with Gasteiger partial charge in [-0.25, -0.2) is 9.97 Å². The monoisotopic (exact) mass is 423 g/mol. The van der Waals surface area contributed by atoms with Crippen molar-refractivity contribution in [3.63, 3.8) is 0 Å². The van der Waals surface area contributed by atoms with E-state index in [0.29, 0.717) is 24.5 Å². The van der Waals surface area contributed by atoms with Gasteiger partial charge in [0, 0.05) is 25.8 Å².